The van der Waals surface area contributed by atoms with Gasteiger partial charge in [-0.15, -0.1) is 20.4 Å². The SMILES string of the molecule is C(=C\c1ccc2cc(-c3nnc(-c4ccc(N(c5ccccc5)c5ccccc5)cc4)o3)ccc2c1)/c1ccc2cc(-c3nnc(-c4ccc(N(c5ccccc5)c5ccccc5)cc4)o3)ccc2c1. The van der Waals surface area contributed by atoms with Crippen LogP contribution in [0.2, 0.25) is 0 Å². The van der Waals surface area contributed by atoms with Gasteiger partial charge in [0.05, 0.1) is 0 Å². The van der Waals surface area contributed by atoms with Crippen LogP contribution >= 0.6 is 0 Å². The third kappa shape index (κ3) is 8.60. The molecule has 8 heteroatoms. The quantitative estimate of drug-likeness (QED) is 0.112. The topological polar surface area (TPSA) is 84.3 Å². The van der Waals surface area contributed by atoms with Crippen molar-refractivity contribution in [3.63, 3.8) is 0 Å². The van der Waals surface area contributed by atoms with E-state index in [1.807, 2.05) is 109 Å². The minimum Gasteiger partial charge on any atom is -0.416 e. The van der Waals surface area contributed by atoms with Crippen LogP contribution < -0.4 is 9.80 Å². The molecule has 0 bridgehead atoms. The molecule has 332 valence electrons. The summed E-state index contributed by atoms with van der Waals surface area (Å²) in [5, 5.41) is 22.1. The molecule has 12 aromatic rings. The maximum atomic E-state index is 6.24. The van der Waals surface area contributed by atoms with Gasteiger partial charge in [-0.05, 0) is 166 Å². The van der Waals surface area contributed by atoms with Crippen LogP contribution in [0.25, 0.3) is 79.5 Å². The third-order valence-electron chi connectivity index (χ3n) is 12.3. The lowest BCUT2D eigenvalue weighted by Gasteiger charge is -2.25. The van der Waals surface area contributed by atoms with Gasteiger partial charge < -0.3 is 18.6 Å². The van der Waals surface area contributed by atoms with Crippen LogP contribution in [-0.2, 0) is 0 Å². The Morgan fingerprint density at radius 2 is 0.529 bits per heavy atom. The summed E-state index contributed by atoms with van der Waals surface area (Å²) in [4.78, 5) is 4.44. The second kappa shape index (κ2) is 18.6. The van der Waals surface area contributed by atoms with Gasteiger partial charge in [-0.25, -0.2) is 0 Å². The Hall–Kier alpha value is -9.66. The van der Waals surface area contributed by atoms with E-state index >= 15 is 0 Å². The Morgan fingerprint density at radius 1 is 0.257 bits per heavy atom. The molecule has 0 spiro atoms. The van der Waals surface area contributed by atoms with Gasteiger partial charge >= 0.3 is 0 Å². The van der Waals surface area contributed by atoms with E-state index in [9.17, 15) is 0 Å². The largest absolute Gasteiger partial charge is 0.416 e. The minimum absolute atomic E-state index is 0.469. The average Bonchev–Trinajstić information content (AvgIpc) is 4.14. The van der Waals surface area contributed by atoms with Crippen molar-refractivity contribution in [3.8, 4) is 45.8 Å². The van der Waals surface area contributed by atoms with E-state index in [0.29, 0.717) is 23.6 Å². The molecular formula is C62H42N6O2. The van der Waals surface area contributed by atoms with Gasteiger partial charge in [0, 0.05) is 56.4 Å². The van der Waals surface area contributed by atoms with Crippen LogP contribution in [-0.4, -0.2) is 20.4 Å². The summed E-state index contributed by atoms with van der Waals surface area (Å²) in [5.41, 5.74) is 12.0. The predicted octanol–water partition coefficient (Wildman–Crippen LogP) is 16.5. The van der Waals surface area contributed by atoms with Gasteiger partial charge in [0.2, 0.25) is 23.6 Å². The van der Waals surface area contributed by atoms with Crippen LogP contribution in [0.4, 0.5) is 34.1 Å². The maximum Gasteiger partial charge on any atom is 0.248 e. The van der Waals surface area contributed by atoms with Crippen LogP contribution in [0.3, 0.4) is 0 Å². The molecule has 0 radical (unpaired) electrons. The standard InChI is InChI=1S/C62H42N6O2/c1-5-13-53(14-6-1)67(54-15-7-2-8-16-54)57-35-31-45(32-36-57)59-63-65-61(69-59)51-29-27-47-39-43(23-25-49(47)41-51)21-22-44-24-26-50-42-52(30-28-48(50)40-44)62-66-64-60(70-62)46-33-37-58(38-34-46)68(55-17-9-3-10-18-55)56-19-11-4-12-20-56/h1-42H/b22-21+. The molecule has 0 N–H and O–H groups in total. The summed E-state index contributed by atoms with van der Waals surface area (Å²) < 4.78 is 12.5. The van der Waals surface area contributed by atoms with Crippen molar-refractivity contribution >= 4 is 67.8 Å². The van der Waals surface area contributed by atoms with Crippen molar-refractivity contribution in [2.24, 2.45) is 0 Å². The van der Waals surface area contributed by atoms with Crippen molar-refractivity contribution in [2.75, 3.05) is 9.80 Å². The molecule has 0 aliphatic carbocycles. The smallest absolute Gasteiger partial charge is 0.248 e. The molecule has 0 unspecified atom stereocenters. The highest BCUT2D eigenvalue weighted by Crippen LogP contribution is 2.38. The summed E-state index contributed by atoms with van der Waals surface area (Å²) >= 11 is 0. The van der Waals surface area contributed by atoms with E-state index in [4.69, 9.17) is 8.83 Å². The van der Waals surface area contributed by atoms with Crippen molar-refractivity contribution in [3.05, 3.63) is 254 Å². The average molecular weight is 903 g/mol. The van der Waals surface area contributed by atoms with Crippen LogP contribution in [0.5, 0.6) is 0 Å². The molecule has 12 rings (SSSR count). The van der Waals surface area contributed by atoms with Crippen LogP contribution in [0.1, 0.15) is 11.1 Å². The highest BCUT2D eigenvalue weighted by atomic mass is 16.4. The lowest BCUT2D eigenvalue weighted by Crippen LogP contribution is -2.09. The fourth-order valence-corrected chi connectivity index (χ4v) is 8.82. The predicted molar refractivity (Wildman–Crippen MR) is 284 cm³/mol. The zero-order chi connectivity index (χ0) is 46.6. The Bertz CT molecular complexity index is 3430. The molecule has 0 atom stereocenters. The van der Waals surface area contributed by atoms with Gasteiger partial charge in [0.15, 0.2) is 0 Å². The lowest BCUT2D eigenvalue weighted by molar-refractivity contribution is 0.584. The first-order valence-electron chi connectivity index (χ1n) is 23.1. The number of para-hydroxylation sites is 4. The maximum absolute atomic E-state index is 6.24. The van der Waals surface area contributed by atoms with Gasteiger partial charge in [0.25, 0.3) is 0 Å². The normalized spacial score (nSPS) is 11.4. The molecule has 0 aliphatic rings. The Balaban J connectivity index is 0.711. The van der Waals surface area contributed by atoms with E-state index in [-0.39, 0.29) is 0 Å². The molecule has 70 heavy (non-hydrogen) atoms. The number of anilines is 6. The van der Waals surface area contributed by atoms with Crippen molar-refractivity contribution < 1.29 is 8.83 Å². The summed E-state index contributed by atoms with van der Waals surface area (Å²) in [6.07, 6.45) is 4.29. The summed E-state index contributed by atoms with van der Waals surface area (Å²) in [7, 11) is 0. The van der Waals surface area contributed by atoms with E-state index < -0.39 is 0 Å². The highest BCUT2D eigenvalue weighted by Gasteiger charge is 2.17. The monoisotopic (exact) mass is 902 g/mol. The first kappa shape index (κ1) is 41.7. The third-order valence-corrected chi connectivity index (χ3v) is 12.3. The second-order valence-electron chi connectivity index (χ2n) is 16.9. The van der Waals surface area contributed by atoms with Crippen molar-refractivity contribution in [1.29, 1.82) is 0 Å². The highest BCUT2D eigenvalue weighted by molar-refractivity contribution is 5.91. The van der Waals surface area contributed by atoms with E-state index in [1.54, 1.807) is 0 Å². The molecule has 0 aliphatic heterocycles. The fourth-order valence-electron chi connectivity index (χ4n) is 8.82. The number of hydrogen-bond acceptors (Lipinski definition) is 8. The van der Waals surface area contributed by atoms with Gasteiger partial charge in [-0.3, -0.25) is 0 Å². The van der Waals surface area contributed by atoms with E-state index in [2.05, 4.69) is 176 Å². The molecule has 2 aromatic heterocycles. The number of fused-ring (bicyclic) bond motifs is 2. The molecule has 0 fully saturated rings. The Labute approximate surface area is 404 Å². The van der Waals surface area contributed by atoms with Crippen LogP contribution in [0.15, 0.2) is 251 Å². The molecule has 2 heterocycles. The molecule has 0 saturated carbocycles. The number of nitrogens with zero attached hydrogens (tertiary/aromatic N) is 6. The number of aromatic nitrogens is 4. The zero-order valence-electron chi connectivity index (χ0n) is 37.7. The molecule has 0 saturated heterocycles. The Kier molecular flexibility index (Phi) is 11.1. The number of rotatable bonds is 12. The summed E-state index contributed by atoms with van der Waals surface area (Å²) in [6, 6.07) is 83.1. The molecule has 8 nitrogen and oxygen atoms in total. The lowest BCUT2D eigenvalue weighted by atomic mass is 10.0. The first-order chi connectivity index (χ1) is 34.6. The summed E-state index contributed by atoms with van der Waals surface area (Å²) in [6.45, 7) is 0. The van der Waals surface area contributed by atoms with Crippen molar-refractivity contribution in [2.45, 2.75) is 0 Å². The molecule has 0 amide bonds. The minimum atomic E-state index is 0.469. The van der Waals surface area contributed by atoms with Gasteiger partial charge in [0.1, 0.15) is 0 Å². The number of hydrogen-bond donors (Lipinski definition) is 0. The van der Waals surface area contributed by atoms with E-state index in [0.717, 1.165) is 89.0 Å². The molecule has 10 aromatic carbocycles. The van der Waals surface area contributed by atoms with E-state index in [1.165, 1.54) is 0 Å². The second-order valence-corrected chi connectivity index (χ2v) is 16.9. The molecular weight excluding hydrogens is 861 g/mol. The Morgan fingerprint density at radius 3 is 0.871 bits per heavy atom. The van der Waals surface area contributed by atoms with Crippen molar-refractivity contribution in [1.82, 2.24) is 20.4 Å². The van der Waals surface area contributed by atoms with Gasteiger partial charge in [-0.2, -0.15) is 0 Å². The fraction of sp³-hybridized carbons (Fsp3) is 0. The van der Waals surface area contributed by atoms with Crippen LogP contribution in [0, 0.1) is 0 Å². The van der Waals surface area contributed by atoms with Gasteiger partial charge in [-0.1, -0.05) is 121 Å². The summed E-state index contributed by atoms with van der Waals surface area (Å²) in [5.74, 6) is 1.89. The first-order valence-corrected chi connectivity index (χ1v) is 23.1. The zero-order valence-corrected chi connectivity index (χ0v) is 37.7. The number of benzene rings is 10.